The zero-order valence-electron chi connectivity index (χ0n) is 7.69. The predicted molar refractivity (Wildman–Crippen MR) is 51.3 cm³/mol. The van der Waals surface area contributed by atoms with Crippen LogP contribution in [0.15, 0.2) is 30.3 Å². The number of nitrogens with one attached hydrogen (secondary N) is 1. The predicted octanol–water partition coefficient (Wildman–Crippen LogP) is -0.0555. The lowest BCUT2D eigenvalue weighted by molar-refractivity contribution is -0.156. The molecular weight excluding hydrogens is 180 g/mol. The van der Waals surface area contributed by atoms with Crippen LogP contribution in [0.5, 0.6) is 0 Å². The van der Waals surface area contributed by atoms with Crippen LogP contribution in [0.25, 0.3) is 0 Å². The zero-order valence-corrected chi connectivity index (χ0v) is 7.69. The first kappa shape index (κ1) is 9.18. The Morgan fingerprint density at radius 1 is 1.36 bits per heavy atom. The van der Waals surface area contributed by atoms with E-state index < -0.39 is 11.6 Å². The van der Waals surface area contributed by atoms with E-state index in [1.807, 2.05) is 18.2 Å². The minimum absolute atomic E-state index is 0.380. The van der Waals surface area contributed by atoms with Gasteiger partial charge < -0.3 is 4.74 Å². The Bertz CT molecular complexity index is 339. The first-order valence-corrected chi connectivity index (χ1v) is 4.50. The first-order chi connectivity index (χ1) is 6.73. The number of rotatable bonds is 1. The van der Waals surface area contributed by atoms with Crippen LogP contribution in [-0.2, 0) is 15.2 Å². The van der Waals surface area contributed by atoms with Crippen molar-refractivity contribution in [2.45, 2.75) is 5.66 Å². The topological polar surface area (TPSA) is 64.3 Å². The third kappa shape index (κ3) is 1.38. The van der Waals surface area contributed by atoms with Gasteiger partial charge in [0, 0.05) is 6.54 Å². The number of hydrogen-bond acceptors (Lipinski definition) is 4. The molecule has 4 nitrogen and oxygen atoms in total. The Hall–Kier alpha value is -1.39. The van der Waals surface area contributed by atoms with Gasteiger partial charge in [0.1, 0.15) is 6.61 Å². The molecule has 2 rings (SSSR count). The van der Waals surface area contributed by atoms with Crippen LogP contribution in [0.4, 0.5) is 0 Å². The average Bonchev–Trinajstić information content (AvgIpc) is 2.24. The Morgan fingerprint density at radius 3 is 2.71 bits per heavy atom. The summed E-state index contributed by atoms with van der Waals surface area (Å²) in [5, 5.41) is 2.96. The van der Waals surface area contributed by atoms with E-state index in [1.165, 1.54) is 0 Å². The van der Waals surface area contributed by atoms with E-state index in [-0.39, 0.29) is 0 Å². The molecule has 4 heteroatoms. The van der Waals surface area contributed by atoms with Gasteiger partial charge in [0.05, 0.1) is 0 Å². The van der Waals surface area contributed by atoms with E-state index in [9.17, 15) is 4.79 Å². The summed E-state index contributed by atoms with van der Waals surface area (Å²) in [6.45, 7) is 0.960. The molecule has 0 radical (unpaired) electrons. The van der Waals surface area contributed by atoms with Crippen molar-refractivity contribution in [1.82, 2.24) is 5.32 Å². The molecule has 14 heavy (non-hydrogen) atoms. The van der Waals surface area contributed by atoms with Crippen molar-refractivity contribution in [2.75, 3.05) is 13.2 Å². The minimum atomic E-state index is -1.18. The number of morpholine rings is 1. The van der Waals surface area contributed by atoms with Gasteiger partial charge in [-0.3, -0.25) is 11.1 Å². The van der Waals surface area contributed by atoms with Crippen molar-refractivity contribution < 1.29 is 9.53 Å². The summed E-state index contributed by atoms with van der Waals surface area (Å²) in [6.07, 6.45) is 0. The van der Waals surface area contributed by atoms with Gasteiger partial charge >= 0.3 is 5.97 Å². The summed E-state index contributed by atoms with van der Waals surface area (Å²) >= 11 is 0. The van der Waals surface area contributed by atoms with Crippen molar-refractivity contribution in [3.63, 3.8) is 0 Å². The fourth-order valence-electron chi connectivity index (χ4n) is 1.50. The third-order valence-electron chi connectivity index (χ3n) is 2.29. The minimum Gasteiger partial charge on any atom is -0.462 e. The van der Waals surface area contributed by atoms with E-state index in [0.29, 0.717) is 13.2 Å². The first-order valence-electron chi connectivity index (χ1n) is 4.50. The van der Waals surface area contributed by atoms with Gasteiger partial charge in [0.25, 0.3) is 0 Å². The molecular formula is C10H12N2O2. The van der Waals surface area contributed by atoms with Crippen molar-refractivity contribution in [1.29, 1.82) is 0 Å². The summed E-state index contributed by atoms with van der Waals surface area (Å²) in [6, 6.07) is 9.17. The molecule has 1 aliphatic heterocycles. The van der Waals surface area contributed by atoms with Crippen molar-refractivity contribution >= 4 is 5.97 Å². The number of esters is 1. The average molecular weight is 192 g/mol. The Kier molecular flexibility index (Phi) is 2.23. The van der Waals surface area contributed by atoms with E-state index >= 15 is 0 Å². The van der Waals surface area contributed by atoms with Crippen molar-refractivity contribution in [2.24, 2.45) is 5.73 Å². The molecule has 1 unspecified atom stereocenters. The lowest BCUT2D eigenvalue weighted by Gasteiger charge is -2.32. The Labute approximate surface area is 82.1 Å². The van der Waals surface area contributed by atoms with Gasteiger partial charge in [0.2, 0.25) is 0 Å². The van der Waals surface area contributed by atoms with Crippen LogP contribution in [0.3, 0.4) is 0 Å². The second-order valence-electron chi connectivity index (χ2n) is 3.24. The van der Waals surface area contributed by atoms with Gasteiger partial charge in [-0.25, -0.2) is 4.79 Å². The van der Waals surface area contributed by atoms with Gasteiger partial charge in [-0.05, 0) is 5.56 Å². The molecule has 74 valence electrons. The van der Waals surface area contributed by atoms with Gasteiger partial charge in [-0.15, -0.1) is 0 Å². The normalized spacial score (nSPS) is 27.1. The lowest BCUT2D eigenvalue weighted by atomic mass is 10.00. The molecule has 3 N–H and O–H groups in total. The monoisotopic (exact) mass is 192 g/mol. The fourth-order valence-corrected chi connectivity index (χ4v) is 1.50. The zero-order chi connectivity index (χ0) is 10.0. The number of cyclic esters (lactones) is 1. The molecule has 1 fully saturated rings. The van der Waals surface area contributed by atoms with Crippen LogP contribution in [0, 0.1) is 0 Å². The summed E-state index contributed by atoms with van der Waals surface area (Å²) in [5.74, 6) is -0.421. The highest BCUT2D eigenvalue weighted by Crippen LogP contribution is 2.18. The van der Waals surface area contributed by atoms with Gasteiger partial charge in [0.15, 0.2) is 5.66 Å². The molecule has 0 aromatic heterocycles. The fraction of sp³-hybridized carbons (Fsp3) is 0.300. The van der Waals surface area contributed by atoms with Crippen molar-refractivity contribution in [3.05, 3.63) is 35.9 Å². The van der Waals surface area contributed by atoms with Crippen LogP contribution in [0.1, 0.15) is 5.56 Å². The van der Waals surface area contributed by atoms with Crippen LogP contribution < -0.4 is 11.1 Å². The highest BCUT2D eigenvalue weighted by atomic mass is 16.5. The summed E-state index contributed by atoms with van der Waals surface area (Å²) < 4.78 is 4.92. The second-order valence-corrected chi connectivity index (χ2v) is 3.24. The van der Waals surface area contributed by atoms with Crippen LogP contribution in [-0.4, -0.2) is 19.1 Å². The standard InChI is InChI=1S/C10H12N2O2/c11-10(8-4-2-1-3-5-8)9(13)14-7-6-12-10/h1-5,12H,6-7,11H2. The molecule has 1 saturated heterocycles. The molecule has 0 aliphatic carbocycles. The number of ether oxygens (including phenoxy) is 1. The largest absolute Gasteiger partial charge is 0.462 e. The molecule has 0 saturated carbocycles. The number of carbonyl (C=O) groups excluding carboxylic acids is 1. The highest BCUT2D eigenvalue weighted by molar-refractivity contribution is 5.82. The molecule has 1 aromatic carbocycles. The maximum absolute atomic E-state index is 11.5. The molecule has 0 bridgehead atoms. The second kappa shape index (κ2) is 3.40. The number of nitrogens with two attached hydrogens (primary N) is 1. The Balaban J connectivity index is 2.35. The van der Waals surface area contributed by atoms with Crippen LogP contribution >= 0.6 is 0 Å². The van der Waals surface area contributed by atoms with Gasteiger partial charge in [-0.2, -0.15) is 0 Å². The summed E-state index contributed by atoms with van der Waals surface area (Å²) in [7, 11) is 0. The molecule has 1 heterocycles. The highest BCUT2D eigenvalue weighted by Gasteiger charge is 2.39. The number of hydrogen-bond donors (Lipinski definition) is 2. The maximum Gasteiger partial charge on any atom is 0.346 e. The van der Waals surface area contributed by atoms with Crippen molar-refractivity contribution in [3.8, 4) is 0 Å². The molecule has 1 aliphatic rings. The Morgan fingerprint density at radius 2 is 2.07 bits per heavy atom. The van der Waals surface area contributed by atoms with E-state index in [4.69, 9.17) is 10.5 Å². The number of carbonyl (C=O) groups is 1. The molecule has 0 spiro atoms. The van der Waals surface area contributed by atoms with E-state index in [0.717, 1.165) is 5.56 Å². The van der Waals surface area contributed by atoms with E-state index in [1.54, 1.807) is 12.1 Å². The lowest BCUT2D eigenvalue weighted by Crippen LogP contribution is -2.61. The SMILES string of the molecule is NC1(c2ccccc2)NCCOC1=O. The summed E-state index contributed by atoms with van der Waals surface area (Å²) in [5.41, 5.74) is 5.48. The number of benzene rings is 1. The van der Waals surface area contributed by atoms with Gasteiger partial charge in [-0.1, -0.05) is 30.3 Å². The quantitative estimate of drug-likeness (QED) is 0.612. The molecule has 1 atom stereocenters. The van der Waals surface area contributed by atoms with E-state index in [2.05, 4.69) is 5.32 Å². The maximum atomic E-state index is 11.5. The smallest absolute Gasteiger partial charge is 0.346 e. The van der Waals surface area contributed by atoms with Crippen LogP contribution in [0.2, 0.25) is 0 Å². The molecule has 0 amide bonds. The molecule has 1 aromatic rings. The third-order valence-corrected chi connectivity index (χ3v) is 2.29. The summed E-state index contributed by atoms with van der Waals surface area (Å²) in [4.78, 5) is 11.5.